The molecule has 0 unspecified atom stereocenters. The molecule has 6 heteroatoms. The van der Waals surface area contributed by atoms with E-state index in [-0.39, 0.29) is 0 Å². The summed E-state index contributed by atoms with van der Waals surface area (Å²) in [5, 5.41) is 6.49. The van der Waals surface area contributed by atoms with E-state index >= 15 is 0 Å². The summed E-state index contributed by atoms with van der Waals surface area (Å²) in [6, 6.07) is 11.6. The van der Waals surface area contributed by atoms with Gasteiger partial charge in [0.2, 0.25) is 0 Å². The van der Waals surface area contributed by atoms with Crippen LogP contribution in [0.2, 0.25) is 0 Å². The van der Waals surface area contributed by atoms with Gasteiger partial charge in [0.05, 0.1) is 26.5 Å². The number of aryl methyl sites for hydroxylation is 1. The lowest BCUT2D eigenvalue weighted by molar-refractivity contribution is 0.355. The molecule has 2 rings (SSSR count). The Morgan fingerprint density at radius 3 is 2.58 bits per heavy atom. The predicted molar refractivity (Wildman–Crippen MR) is 97.0 cm³/mol. The Bertz CT molecular complexity index is 701. The number of methoxy groups -OCH3 is 2. The van der Waals surface area contributed by atoms with Gasteiger partial charge >= 0.3 is 0 Å². The van der Waals surface area contributed by atoms with Crippen LogP contribution in [0.4, 0.5) is 5.69 Å². The summed E-state index contributed by atoms with van der Waals surface area (Å²) in [6.07, 6.45) is 0. The molecule has 2 aromatic rings. The number of aromatic nitrogens is 1. The monoisotopic (exact) mass is 328 g/mol. The molecule has 0 fully saturated rings. The highest BCUT2D eigenvalue weighted by atomic mass is 16.5. The first-order valence-corrected chi connectivity index (χ1v) is 7.86. The molecule has 0 bridgehead atoms. The molecule has 0 aliphatic rings. The number of nitrogens with one attached hydrogen (secondary N) is 2. The van der Waals surface area contributed by atoms with Crippen molar-refractivity contribution in [2.45, 2.75) is 20.4 Å². The van der Waals surface area contributed by atoms with E-state index in [1.54, 1.807) is 14.2 Å². The molecule has 0 amide bonds. The van der Waals surface area contributed by atoms with Gasteiger partial charge in [-0.1, -0.05) is 6.07 Å². The van der Waals surface area contributed by atoms with Crippen molar-refractivity contribution in [2.75, 3.05) is 26.1 Å². The zero-order chi connectivity index (χ0) is 17.4. The van der Waals surface area contributed by atoms with Crippen LogP contribution in [0.15, 0.2) is 41.4 Å². The number of nitrogens with zero attached hydrogens (tertiary/aromatic N) is 2. The minimum atomic E-state index is 0.504. The Kier molecular flexibility index (Phi) is 6.42. The first kappa shape index (κ1) is 17.6. The smallest absolute Gasteiger partial charge is 0.196 e. The first-order valence-electron chi connectivity index (χ1n) is 7.86. The first-order chi connectivity index (χ1) is 11.7. The van der Waals surface area contributed by atoms with Gasteiger partial charge in [-0.25, -0.2) is 4.99 Å². The van der Waals surface area contributed by atoms with Gasteiger partial charge in [0.1, 0.15) is 0 Å². The average molecular weight is 328 g/mol. The molecule has 2 N–H and O–H groups in total. The minimum Gasteiger partial charge on any atom is -0.493 e. The molecule has 1 aromatic heterocycles. The average Bonchev–Trinajstić information content (AvgIpc) is 2.60. The van der Waals surface area contributed by atoms with Gasteiger partial charge in [0.25, 0.3) is 0 Å². The SMILES string of the molecule is CCNC(=NCc1cccc(C)n1)Nc1ccc(OC)c(OC)c1. The standard InChI is InChI=1S/C18H24N4O2/c1-5-19-18(20-12-15-8-6-7-13(2)21-15)22-14-9-10-16(23-3)17(11-14)24-4/h6-11H,5,12H2,1-4H3,(H2,19,20,22). The van der Waals surface area contributed by atoms with E-state index in [0.29, 0.717) is 24.0 Å². The van der Waals surface area contributed by atoms with Crippen molar-refractivity contribution in [1.29, 1.82) is 0 Å². The highest BCUT2D eigenvalue weighted by molar-refractivity contribution is 5.93. The fourth-order valence-corrected chi connectivity index (χ4v) is 2.21. The molecular formula is C18H24N4O2. The second-order valence-electron chi connectivity index (χ2n) is 5.16. The van der Waals surface area contributed by atoms with Crippen molar-refractivity contribution in [3.8, 4) is 11.5 Å². The summed E-state index contributed by atoms with van der Waals surface area (Å²) >= 11 is 0. The lowest BCUT2D eigenvalue weighted by atomic mass is 10.2. The van der Waals surface area contributed by atoms with Gasteiger partial charge in [-0.15, -0.1) is 0 Å². The highest BCUT2D eigenvalue weighted by Gasteiger charge is 2.06. The van der Waals surface area contributed by atoms with Gasteiger partial charge in [-0.05, 0) is 38.1 Å². The Labute approximate surface area is 142 Å². The molecule has 128 valence electrons. The summed E-state index contributed by atoms with van der Waals surface area (Å²) in [7, 11) is 3.23. The van der Waals surface area contributed by atoms with Crippen LogP contribution in [0.1, 0.15) is 18.3 Å². The predicted octanol–water partition coefficient (Wildman–Crippen LogP) is 2.98. The number of hydrogen-bond acceptors (Lipinski definition) is 4. The van der Waals surface area contributed by atoms with Crippen molar-refractivity contribution in [3.63, 3.8) is 0 Å². The van der Waals surface area contributed by atoms with Crippen LogP contribution in [-0.2, 0) is 6.54 Å². The van der Waals surface area contributed by atoms with Crippen LogP contribution in [0.5, 0.6) is 11.5 Å². The van der Waals surface area contributed by atoms with Crippen LogP contribution in [-0.4, -0.2) is 31.7 Å². The molecule has 0 aliphatic heterocycles. The maximum atomic E-state index is 5.33. The van der Waals surface area contributed by atoms with Gasteiger partial charge < -0.3 is 20.1 Å². The number of pyridine rings is 1. The van der Waals surface area contributed by atoms with E-state index in [9.17, 15) is 0 Å². The third-order valence-corrected chi connectivity index (χ3v) is 3.34. The zero-order valence-electron chi connectivity index (χ0n) is 14.6. The Balaban J connectivity index is 2.14. The number of anilines is 1. The van der Waals surface area contributed by atoms with E-state index < -0.39 is 0 Å². The molecule has 6 nitrogen and oxygen atoms in total. The third kappa shape index (κ3) is 4.87. The highest BCUT2D eigenvalue weighted by Crippen LogP contribution is 2.29. The van der Waals surface area contributed by atoms with Gasteiger partial charge in [0.15, 0.2) is 17.5 Å². The fraction of sp³-hybridized carbons (Fsp3) is 0.333. The van der Waals surface area contributed by atoms with E-state index in [2.05, 4.69) is 20.6 Å². The second-order valence-corrected chi connectivity index (χ2v) is 5.16. The zero-order valence-corrected chi connectivity index (χ0v) is 14.6. The number of benzene rings is 1. The van der Waals surface area contributed by atoms with Gasteiger partial charge in [-0.2, -0.15) is 0 Å². The van der Waals surface area contributed by atoms with Gasteiger partial charge in [0, 0.05) is 24.0 Å². The van der Waals surface area contributed by atoms with E-state index in [1.807, 2.05) is 50.2 Å². The maximum absolute atomic E-state index is 5.33. The molecule has 0 saturated heterocycles. The number of aliphatic imine (C=N–C) groups is 1. The minimum absolute atomic E-state index is 0.504. The van der Waals surface area contributed by atoms with Crippen molar-refractivity contribution < 1.29 is 9.47 Å². The van der Waals surface area contributed by atoms with Crippen LogP contribution < -0.4 is 20.1 Å². The summed E-state index contributed by atoms with van der Waals surface area (Å²) < 4.78 is 10.6. The van der Waals surface area contributed by atoms with Crippen molar-refractivity contribution in [3.05, 3.63) is 47.8 Å². The molecule has 0 radical (unpaired) electrons. The van der Waals surface area contributed by atoms with Crippen LogP contribution >= 0.6 is 0 Å². The maximum Gasteiger partial charge on any atom is 0.196 e. The lowest BCUT2D eigenvalue weighted by Crippen LogP contribution is -2.30. The van der Waals surface area contributed by atoms with Crippen molar-refractivity contribution >= 4 is 11.6 Å². The van der Waals surface area contributed by atoms with Crippen LogP contribution in [0.3, 0.4) is 0 Å². The molecule has 0 atom stereocenters. The normalized spacial score (nSPS) is 11.1. The van der Waals surface area contributed by atoms with E-state index in [0.717, 1.165) is 23.6 Å². The Morgan fingerprint density at radius 2 is 1.92 bits per heavy atom. The molecule has 1 heterocycles. The van der Waals surface area contributed by atoms with Gasteiger partial charge in [-0.3, -0.25) is 4.98 Å². The van der Waals surface area contributed by atoms with Crippen LogP contribution in [0, 0.1) is 6.92 Å². The summed E-state index contributed by atoms with van der Waals surface area (Å²) in [6.45, 7) is 5.27. The van der Waals surface area contributed by atoms with Crippen molar-refractivity contribution in [1.82, 2.24) is 10.3 Å². The topological polar surface area (TPSA) is 67.8 Å². The molecule has 1 aromatic carbocycles. The quantitative estimate of drug-likeness (QED) is 0.630. The Hall–Kier alpha value is -2.76. The molecule has 0 aliphatic carbocycles. The lowest BCUT2D eigenvalue weighted by Gasteiger charge is -2.13. The summed E-state index contributed by atoms with van der Waals surface area (Å²) in [5.41, 5.74) is 2.78. The summed E-state index contributed by atoms with van der Waals surface area (Å²) in [4.78, 5) is 9.04. The van der Waals surface area contributed by atoms with Crippen molar-refractivity contribution in [2.24, 2.45) is 4.99 Å². The van der Waals surface area contributed by atoms with E-state index in [4.69, 9.17) is 9.47 Å². The largest absolute Gasteiger partial charge is 0.493 e. The molecule has 0 saturated carbocycles. The van der Waals surface area contributed by atoms with E-state index in [1.165, 1.54) is 0 Å². The fourth-order valence-electron chi connectivity index (χ4n) is 2.21. The molecular weight excluding hydrogens is 304 g/mol. The second kappa shape index (κ2) is 8.76. The summed E-state index contributed by atoms with van der Waals surface area (Å²) in [5.74, 6) is 2.04. The van der Waals surface area contributed by atoms with Crippen LogP contribution in [0.25, 0.3) is 0 Å². The number of rotatable bonds is 6. The third-order valence-electron chi connectivity index (χ3n) is 3.34. The Morgan fingerprint density at radius 1 is 1.12 bits per heavy atom. The number of guanidine groups is 1. The molecule has 0 spiro atoms. The number of hydrogen-bond donors (Lipinski definition) is 2. The number of ether oxygens (including phenoxy) is 2. The molecule has 24 heavy (non-hydrogen) atoms.